The molecule has 0 aromatic carbocycles. The summed E-state index contributed by atoms with van der Waals surface area (Å²) in [4.78, 5) is 26.3. The molecule has 0 atom stereocenters. The molecule has 0 saturated heterocycles. The first kappa shape index (κ1) is 30.0. The number of hydrogen-bond acceptors (Lipinski definition) is 6. The van der Waals surface area contributed by atoms with Crippen molar-refractivity contribution in [2.45, 2.75) is 66.3 Å². The van der Waals surface area contributed by atoms with Gasteiger partial charge in [0.05, 0.1) is 23.3 Å². The Hall–Kier alpha value is -3.57. The van der Waals surface area contributed by atoms with Crippen LogP contribution in [-0.4, -0.2) is 34.4 Å². The van der Waals surface area contributed by atoms with Crippen molar-refractivity contribution < 1.29 is 18.3 Å². The van der Waals surface area contributed by atoms with Gasteiger partial charge in [-0.3, -0.25) is 14.3 Å². The summed E-state index contributed by atoms with van der Waals surface area (Å²) in [6, 6.07) is 5.11. The van der Waals surface area contributed by atoms with Crippen LogP contribution in [-0.2, 0) is 24.7 Å². The molecule has 4 rings (SSSR count). The van der Waals surface area contributed by atoms with E-state index in [1.807, 2.05) is 13.8 Å². The van der Waals surface area contributed by atoms with Crippen LogP contribution in [0.5, 0.6) is 0 Å². The minimum Gasteiger partial charge on any atom is -0.382 e. The fourth-order valence-corrected chi connectivity index (χ4v) is 4.09. The van der Waals surface area contributed by atoms with Crippen molar-refractivity contribution in [1.29, 1.82) is 0 Å². The first-order valence-electron chi connectivity index (χ1n) is 12.3. The molecule has 0 radical (unpaired) electrons. The lowest BCUT2D eigenvalue weighted by atomic mass is 10.1. The van der Waals surface area contributed by atoms with Crippen molar-refractivity contribution in [2.75, 3.05) is 0 Å². The molecule has 8 nitrogen and oxygen atoms in total. The summed E-state index contributed by atoms with van der Waals surface area (Å²) >= 11 is 6.45. The van der Waals surface area contributed by atoms with E-state index >= 15 is 0 Å². The first-order valence-corrected chi connectivity index (χ1v) is 12.7. The van der Waals surface area contributed by atoms with Gasteiger partial charge in [0.1, 0.15) is 10.6 Å². The zero-order chi connectivity index (χ0) is 29.1. The Morgan fingerprint density at radius 2 is 1.72 bits per heavy atom. The number of halogens is 4. The maximum Gasteiger partial charge on any atom is 0.504 e. The normalized spacial score (nSPS) is 11.8. The van der Waals surface area contributed by atoms with E-state index in [9.17, 15) is 23.1 Å². The predicted octanol–water partition coefficient (Wildman–Crippen LogP) is 5.67. The minimum absolute atomic E-state index is 0.0158. The molecule has 12 heteroatoms. The van der Waals surface area contributed by atoms with Crippen LogP contribution in [0.25, 0.3) is 17.1 Å². The molecular weight excluding hydrogens is 533 g/mol. The van der Waals surface area contributed by atoms with Gasteiger partial charge in [-0.2, -0.15) is 9.78 Å². The van der Waals surface area contributed by atoms with Gasteiger partial charge in [0.25, 0.3) is 5.56 Å². The molecule has 4 heterocycles. The minimum atomic E-state index is -4.59. The van der Waals surface area contributed by atoms with E-state index < -0.39 is 17.5 Å². The summed E-state index contributed by atoms with van der Waals surface area (Å²) in [7, 11) is 0. The molecular formula is C27H30ClF3N6O2. The van der Waals surface area contributed by atoms with Crippen LogP contribution in [0.4, 0.5) is 13.2 Å². The lowest BCUT2D eigenvalue weighted by molar-refractivity contribution is -0.212. The van der Waals surface area contributed by atoms with Gasteiger partial charge < -0.3 is 5.11 Å². The van der Waals surface area contributed by atoms with Gasteiger partial charge in [-0.15, -0.1) is 13.2 Å². The van der Waals surface area contributed by atoms with Crippen LogP contribution in [0.3, 0.4) is 0 Å². The molecule has 0 aliphatic carbocycles. The second kappa shape index (κ2) is 11.7. The van der Waals surface area contributed by atoms with Crippen LogP contribution < -0.4 is 5.56 Å². The molecule has 0 saturated carbocycles. The summed E-state index contributed by atoms with van der Waals surface area (Å²) in [5.41, 5.74) is 2.01. The fourth-order valence-electron chi connectivity index (χ4n) is 3.85. The van der Waals surface area contributed by atoms with E-state index in [0.29, 0.717) is 39.5 Å². The number of aryl methyl sites for hydroxylation is 4. The molecule has 0 spiro atoms. The maximum absolute atomic E-state index is 13.3. The number of aromatic nitrogens is 6. The van der Waals surface area contributed by atoms with E-state index in [2.05, 4.69) is 20.1 Å². The largest absolute Gasteiger partial charge is 0.504 e. The average molecular weight is 563 g/mol. The van der Waals surface area contributed by atoms with Crippen LogP contribution in [0, 0.1) is 13.8 Å². The molecule has 208 valence electrons. The Labute approximate surface area is 229 Å². The van der Waals surface area contributed by atoms with E-state index in [4.69, 9.17) is 11.6 Å². The molecule has 0 fully saturated rings. The Kier molecular flexibility index (Phi) is 8.97. The van der Waals surface area contributed by atoms with Crippen molar-refractivity contribution in [3.63, 3.8) is 0 Å². The molecule has 4 aromatic heterocycles. The van der Waals surface area contributed by atoms with Gasteiger partial charge in [0.15, 0.2) is 5.82 Å². The summed E-state index contributed by atoms with van der Waals surface area (Å²) < 4.78 is 39.8. The van der Waals surface area contributed by atoms with Gasteiger partial charge in [-0.25, -0.2) is 9.97 Å². The highest BCUT2D eigenvalue weighted by molar-refractivity contribution is 6.31. The number of rotatable bonds is 6. The fraction of sp³-hybridized carbons (Fsp3) is 0.370. The molecule has 0 aliphatic heterocycles. The number of aliphatic hydroxyl groups is 1. The predicted molar refractivity (Wildman–Crippen MR) is 143 cm³/mol. The average Bonchev–Trinajstić information content (AvgIpc) is 3.37. The van der Waals surface area contributed by atoms with Crippen LogP contribution in [0.15, 0.2) is 47.8 Å². The first-order chi connectivity index (χ1) is 18.3. The number of alkyl halides is 3. The number of nitrogens with zero attached hydrogens (tertiary/aromatic N) is 6. The maximum atomic E-state index is 13.3. The molecule has 0 amide bonds. The Morgan fingerprint density at radius 1 is 1.03 bits per heavy atom. The van der Waals surface area contributed by atoms with E-state index in [1.54, 1.807) is 52.1 Å². The third kappa shape index (κ3) is 6.72. The highest BCUT2D eigenvalue weighted by atomic mass is 35.5. The van der Waals surface area contributed by atoms with Crippen molar-refractivity contribution in [3.8, 4) is 17.1 Å². The third-order valence-electron chi connectivity index (χ3n) is 5.77. The monoisotopic (exact) mass is 562 g/mol. The SMILES string of the molecule is CC.Cc1cnc(-c2ccnc(C(C)(C)O)n2)cc1-n1c(C)cc(CCc2cnn(C(F)(F)F)c2)c(Cl)c1=O. The highest BCUT2D eigenvalue weighted by Crippen LogP contribution is 2.26. The van der Waals surface area contributed by atoms with E-state index in [0.717, 1.165) is 12.4 Å². The molecule has 0 unspecified atom stereocenters. The van der Waals surface area contributed by atoms with E-state index in [-0.39, 0.29) is 28.4 Å². The van der Waals surface area contributed by atoms with Crippen molar-refractivity contribution >= 4 is 11.6 Å². The number of hydrogen-bond donors (Lipinski definition) is 1. The van der Waals surface area contributed by atoms with Crippen LogP contribution in [0.2, 0.25) is 5.02 Å². The lowest BCUT2D eigenvalue weighted by Crippen LogP contribution is -2.23. The summed E-state index contributed by atoms with van der Waals surface area (Å²) in [6.07, 6.45) is 1.11. The molecule has 39 heavy (non-hydrogen) atoms. The standard InChI is InChI=1S/C25H24ClF3N6O2.C2H6/c1-14-11-31-19(18-7-8-30-23(33-18)24(3,4)37)10-20(14)35-15(2)9-17(21(26)22(35)36)6-5-16-12-32-34(13-16)25(27,28)29;1-2/h7-13,37H,5-6H2,1-4H3;1-2H3. The quantitative estimate of drug-likeness (QED) is 0.325. The summed E-state index contributed by atoms with van der Waals surface area (Å²) in [5, 5.41) is 13.6. The second-order valence-corrected chi connectivity index (χ2v) is 9.58. The Bertz CT molecular complexity index is 1520. The van der Waals surface area contributed by atoms with Crippen LogP contribution in [0.1, 0.15) is 55.9 Å². The molecule has 4 aromatic rings. The van der Waals surface area contributed by atoms with Gasteiger partial charge in [-0.1, -0.05) is 25.4 Å². The Balaban J connectivity index is 0.00000205. The summed E-state index contributed by atoms with van der Waals surface area (Å²) in [5.74, 6) is 0.232. The zero-order valence-electron chi connectivity index (χ0n) is 22.5. The molecule has 1 N–H and O–H groups in total. The van der Waals surface area contributed by atoms with Crippen molar-refractivity contribution in [3.05, 3.63) is 86.6 Å². The zero-order valence-corrected chi connectivity index (χ0v) is 23.3. The smallest absolute Gasteiger partial charge is 0.382 e. The third-order valence-corrected chi connectivity index (χ3v) is 6.17. The lowest BCUT2D eigenvalue weighted by Gasteiger charge is -2.17. The van der Waals surface area contributed by atoms with Gasteiger partial charge in [0.2, 0.25) is 0 Å². The van der Waals surface area contributed by atoms with E-state index in [1.165, 1.54) is 10.8 Å². The Morgan fingerprint density at radius 3 is 2.33 bits per heavy atom. The number of pyridine rings is 2. The summed E-state index contributed by atoms with van der Waals surface area (Å²) in [6.45, 7) is 10.7. The van der Waals surface area contributed by atoms with Crippen molar-refractivity contribution in [2.24, 2.45) is 0 Å². The molecule has 0 bridgehead atoms. The van der Waals surface area contributed by atoms with Crippen LogP contribution >= 0.6 is 11.6 Å². The van der Waals surface area contributed by atoms with Crippen molar-refractivity contribution in [1.82, 2.24) is 29.3 Å². The van der Waals surface area contributed by atoms with Gasteiger partial charge in [0, 0.05) is 24.3 Å². The highest BCUT2D eigenvalue weighted by Gasteiger charge is 2.31. The second-order valence-electron chi connectivity index (χ2n) is 9.21. The van der Waals surface area contributed by atoms with Gasteiger partial charge in [-0.05, 0) is 75.4 Å². The topological polar surface area (TPSA) is 98.7 Å². The molecule has 0 aliphatic rings. The van der Waals surface area contributed by atoms with Gasteiger partial charge >= 0.3 is 6.30 Å².